The van der Waals surface area contributed by atoms with Crippen molar-refractivity contribution in [2.24, 2.45) is 0 Å². The van der Waals surface area contributed by atoms with Crippen LogP contribution in [0.3, 0.4) is 0 Å². The van der Waals surface area contributed by atoms with Crippen LogP contribution in [0, 0.1) is 17.0 Å². The van der Waals surface area contributed by atoms with Crippen LogP contribution in [0.25, 0.3) is 0 Å². The molecule has 8 heteroatoms. The topological polar surface area (TPSA) is 104 Å². The van der Waals surface area contributed by atoms with Gasteiger partial charge in [0, 0.05) is 29.8 Å². The Kier molecular flexibility index (Phi) is 4.52. The molecule has 1 heterocycles. The molecule has 0 unspecified atom stereocenters. The number of hydrogen-bond donors (Lipinski definition) is 2. The van der Waals surface area contributed by atoms with Gasteiger partial charge in [-0.3, -0.25) is 20.0 Å². The number of rotatable bonds is 5. The molecule has 0 atom stereocenters. The quantitative estimate of drug-likeness (QED) is 0.649. The Hall–Kier alpha value is -2.74. The molecule has 0 saturated carbocycles. The number of anilines is 1. The van der Waals surface area contributed by atoms with Crippen molar-refractivity contribution in [3.63, 3.8) is 0 Å². The number of nitrogens with zero attached hydrogens (tertiary/aromatic N) is 3. The second-order valence-electron chi connectivity index (χ2n) is 5.23. The highest BCUT2D eigenvalue weighted by atomic mass is 16.6. The fourth-order valence-corrected chi connectivity index (χ4v) is 2.04. The van der Waals surface area contributed by atoms with Crippen LogP contribution in [-0.2, 0) is 6.54 Å². The Morgan fingerprint density at radius 1 is 1.41 bits per heavy atom. The summed E-state index contributed by atoms with van der Waals surface area (Å²) in [6.07, 6.45) is 0. The Balaban J connectivity index is 2.10. The van der Waals surface area contributed by atoms with Gasteiger partial charge in [0.1, 0.15) is 0 Å². The maximum atomic E-state index is 12.1. The van der Waals surface area contributed by atoms with E-state index in [0.717, 1.165) is 5.69 Å². The van der Waals surface area contributed by atoms with E-state index >= 15 is 0 Å². The van der Waals surface area contributed by atoms with Crippen molar-refractivity contribution in [1.82, 2.24) is 15.1 Å². The lowest BCUT2D eigenvalue weighted by Gasteiger charge is -2.05. The molecular formula is C14H17N5O3. The highest BCUT2D eigenvalue weighted by molar-refractivity contribution is 6.04. The highest BCUT2D eigenvalue weighted by Crippen LogP contribution is 2.19. The van der Waals surface area contributed by atoms with Gasteiger partial charge in [-0.1, -0.05) is 0 Å². The van der Waals surface area contributed by atoms with Gasteiger partial charge < -0.3 is 10.2 Å². The number of nitro groups is 1. The number of amides is 1. The summed E-state index contributed by atoms with van der Waals surface area (Å²) in [6, 6.07) is 5.98. The van der Waals surface area contributed by atoms with Gasteiger partial charge in [0.25, 0.3) is 11.6 Å². The van der Waals surface area contributed by atoms with Crippen LogP contribution >= 0.6 is 0 Å². The zero-order valence-corrected chi connectivity index (χ0v) is 12.6. The number of carbonyl (C=O) groups excluding carboxylic acids is 1. The lowest BCUT2D eigenvalue weighted by Crippen LogP contribution is -2.12. The summed E-state index contributed by atoms with van der Waals surface area (Å²) < 4.78 is 0. The number of aromatic amines is 1. The van der Waals surface area contributed by atoms with Gasteiger partial charge in [0.15, 0.2) is 5.82 Å². The first-order chi connectivity index (χ1) is 10.4. The Morgan fingerprint density at radius 2 is 2.14 bits per heavy atom. The van der Waals surface area contributed by atoms with Crippen molar-refractivity contribution >= 4 is 17.4 Å². The lowest BCUT2D eigenvalue weighted by molar-refractivity contribution is -0.385. The third-order valence-corrected chi connectivity index (χ3v) is 3.01. The molecule has 0 aliphatic heterocycles. The van der Waals surface area contributed by atoms with E-state index < -0.39 is 4.92 Å². The van der Waals surface area contributed by atoms with Gasteiger partial charge in [-0.05, 0) is 33.2 Å². The standard InChI is InChI=1S/C14H17N5O3/c1-9-6-10(4-5-12(9)19(21)22)14(20)15-13-7-11(16-17-13)8-18(2)3/h4-7H,8H2,1-3H3,(H2,15,16,17,20). The first kappa shape index (κ1) is 15.6. The molecule has 2 N–H and O–H groups in total. The maximum Gasteiger partial charge on any atom is 0.272 e. The summed E-state index contributed by atoms with van der Waals surface area (Å²) in [4.78, 5) is 24.4. The van der Waals surface area contributed by atoms with Crippen molar-refractivity contribution in [2.45, 2.75) is 13.5 Å². The van der Waals surface area contributed by atoms with E-state index in [1.54, 1.807) is 13.0 Å². The van der Waals surface area contributed by atoms with Crippen molar-refractivity contribution in [1.29, 1.82) is 0 Å². The molecule has 0 spiro atoms. The van der Waals surface area contributed by atoms with E-state index in [0.29, 0.717) is 23.5 Å². The number of benzene rings is 1. The van der Waals surface area contributed by atoms with Crippen molar-refractivity contribution in [3.8, 4) is 0 Å². The summed E-state index contributed by atoms with van der Waals surface area (Å²) in [5.74, 6) is 0.0544. The van der Waals surface area contributed by atoms with E-state index in [4.69, 9.17) is 0 Å². The zero-order chi connectivity index (χ0) is 16.3. The van der Waals surface area contributed by atoms with Gasteiger partial charge in [0.05, 0.1) is 10.6 Å². The van der Waals surface area contributed by atoms with Gasteiger partial charge in [-0.25, -0.2) is 0 Å². The average Bonchev–Trinajstić information content (AvgIpc) is 2.84. The number of aryl methyl sites for hydroxylation is 1. The van der Waals surface area contributed by atoms with Gasteiger partial charge in [0.2, 0.25) is 0 Å². The number of nitrogens with one attached hydrogen (secondary N) is 2. The van der Waals surface area contributed by atoms with Gasteiger partial charge in [-0.2, -0.15) is 5.10 Å². The second kappa shape index (κ2) is 6.35. The minimum absolute atomic E-state index is 0.00964. The van der Waals surface area contributed by atoms with Crippen LogP contribution < -0.4 is 5.32 Å². The van der Waals surface area contributed by atoms with Crippen LogP contribution in [0.5, 0.6) is 0 Å². The summed E-state index contributed by atoms with van der Waals surface area (Å²) in [6.45, 7) is 2.28. The highest BCUT2D eigenvalue weighted by Gasteiger charge is 2.14. The molecule has 2 rings (SSSR count). The number of hydrogen-bond acceptors (Lipinski definition) is 5. The minimum Gasteiger partial charge on any atom is -0.305 e. The molecule has 0 saturated heterocycles. The molecule has 0 bridgehead atoms. The summed E-state index contributed by atoms with van der Waals surface area (Å²) >= 11 is 0. The van der Waals surface area contributed by atoms with Crippen molar-refractivity contribution in [2.75, 3.05) is 19.4 Å². The lowest BCUT2D eigenvalue weighted by atomic mass is 10.1. The predicted molar refractivity (Wildman–Crippen MR) is 81.8 cm³/mol. The monoisotopic (exact) mass is 303 g/mol. The second-order valence-corrected chi connectivity index (χ2v) is 5.23. The van der Waals surface area contributed by atoms with E-state index in [2.05, 4.69) is 15.5 Å². The largest absolute Gasteiger partial charge is 0.305 e. The Morgan fingerprint density at radius 3 is 2.73 bits per heavy atom. The number of carbonyl (C=O) groups is 1. The molecule has 0 aliphatic rings. The molecule has 1 aromatic heterocycles. The van der Waals surface area contributed by atoms with Crippen LogP contribution in [0.15, 0.2) is 24.3 Å². The molecule has 22 heavy (non-hydrogen) atoms. The van der Waals surface area contributed by atoms with Crippen LogP contribution in [0.1, 0.15) is 21.6 Å². The summed E-state index contributed by atoms with van der Waals surface area (Å²) in [7, 11) is 3.86. The maximum absolute atomic E-state index is 12.1. The average molecular weight is 303 g/mol. The number of H-pyrrole nitrogens is 1. The molecule has 0 radical (unpaired) electrons. The molecule has 0 aliphatic carbocycles. The molecule has 1 amide bonds. The minimum atomic E-state index is -0.474. The molecule has 1 aromatic carbocycles. The smallest absolute Gasteiger partial charge is 0.272 e. The van der Waals surface area contributed by atoms with Crippen LogP contribution in [0.4, 0.5) is 11.5 Å². The predicted octanol–water partition coefficient (Wildman–Crippen LogP) is 1.94. The SMILES string of the molecule is Cc1cc(C(=O)Nc2cc(CN(C)C)[nH]n2)ccc1[N+](=O)[O-]. The van der Waals surface area contributed by atoms with Gasteiger partial charge in [-0.15, -0.1) is 0 Å². The van der Waals surface area contributed by atoms with E-state index in [1.807, 2.05) is 19.0 Å². The Labute approximate surface area is 127 Å². The number of nitro benzene ring substituents is 1. The van der Waals surface area contributed by atoms with Crippen molar-refractivity contribution in [3.05, 3.63) is 51.2 Å². The molecule has 8 nitrogen and oxygen atoms in total. The van der Waals surface area contributed by atoms with E-state index in [-0.39, 0.29) is 11.6 Å². The Bertz CT molecular complexity index is 708. The first-order valence-electron chi connectivity index (χ1n) is 6.62. The normalized spacial score (nSPS) is 10.7. The number of aromatic nitrogens is 2. The van der Waals surface area contributed by atoms with Gasteiger partial charge >= 0.3 is 0 Å². The van der Waals surface area contributed by atoms with E-state index in [9.17, 15) is 14.9 Å². The third kappa shape index (κ3) is 3.67. The molecular weight excluding hydrogens is 286 g/mol. The zero-order valence-electron chi connectivity index (χ0n) is 12.6. The van der Waals surface area contributed by atoms with Crippen molar-refractivity contribution < 1.29 is 9.72 Å². The third-order valence-electron chi connectivity index (χ3n) is 3.01. The van der Waals surface area contributed by atoms with E-state index in [1.165, 1.54) is 18.2 Å². The molecule has 116 valence electrons. The fraction of sp³-hybridized carbons (Fsp3) is 0.286. The molecule has 2 aromatic rings. The first-order valence-corrected chi connectivity index (χ1v) is 6.62. The van der Waals surface area contributed by atoms with Crippen LogP contribution in [0.2, 0.25) is 0 Å². The molecule has 0 fully saturated rings. The van der Waals surface area contributed by atoms with Crippen LogP contribution in [-0.4, -0.2) is 40.0 Å². The fourth-order valence-electron chi connectivity index (χ4n) is 2.04. The summed E-state index contributed by atoms with van der Waals surface area (Å²) in [5.41, 5.74) is 1.65. The summed E-state index contributed by atoms with van der Waals surface area (Å²) in [5, 5.41) is 20.3.